The van der Waals surface area contributed by atoms with E-state index in [9.17, 15) is 10.1 Å². The number of halogens is 1. The first kappa shape index (κ1) is 25.4. The number of hydrogen-bond donors (Lipinski definition) is 3. The van der Waals surface area contributed by atoms with Crippen LogP contribution in [0.2, 0.25) is 0 Å². The van der Waals surface area contributed by atoms with Gasteiger partial charge in [0.05, 0.1) is 4.92 Å². The van der Waals surface area contributed by atoms with E-state index in [1.54, 1.807) is 19.2 Å². The van der Waals surface area contributed by atoms with Gasteiger partial charge >= 0.3 is 0 Å². The predicted molar refractivity (Wildman–Crippen MR) is 128 cm³/mol. The van der Waals surface area contributed by atoms with Crippen molar-refractivity contribution in [3.8, 4) is 0 Å². The number of benzene rings is 1. The van der Waals surface area contributed by atoms with Crippen LogP contribution in [0.4, 0.5) is 11.4 Å². The van der Waals surface area contributed by atoms with Gasteiger partial charge in [0.1, 0.15) is 0 Å². The fourth-order valence-electron chi connectivity index (χ4n) is 3.61. The summed E-state index contributed by atoms with van der Waals surface area (Å²) in [4.78, 5) is 15.1. The zero-order valence-electron chi connectivity index (χ0n) is 17.4. The summed E-state index contributed by atoms with van der Waals surface area (Å²) in [5, 5.41) is 20.6. The summed E-state index contributed by atoms with van der Waals surface area (Å²) < 4.78 is 5.30. The standard InChI is InChI=1S/C20H33N5O3.HI/c1-3-21-19(24-16-20(12-15-28-2)10-4-5-11-20)23-14-13-22-17-6-8-18(9-7-17)25(26)27;/h6-9,22H,3-5,10-16H2,1-2H3,(H2,21,23,24);1H. The van der Waals surface area contributed by atoms with Gasteiger partial charge in [-0.2, -0.15) is 0 Å². The molecule has 1 aliphatic carbocycles. The number of nitrogens with zero attached hydrogens (tertiary/aromatic N) is 2. The molecule has 0 saturated heterocycles. The smallest absolute Gasteiger partial charge is 0.269 e. The van der Waals surface area contributed by atoms with Crippen LogP contribution < -0.4 is 16.0 Å². The number of methoxy groups -OCH3 is 1. The van der Waals surface area contributed by atoms with Crippen LogP contribution in [0.15, 0.2) is 29.3 Å². The lowest BCUT2D eigenvalue weighted by molar-refractivity contribution is -0.384. The van der Waals surface area contributed by atoms with E-state index in [0.717, 1.165) is 37.8 Å². The first-order chi connectivity index (χ1) is 13.6. The fraction of sp³-hybridized carbons (Fsp3) is 0.650. The maximum absolute atomic E-state index is 10.7. The second-order valence-corrected chi connectivity index (χ2v) is 7.30. The van der Waals surface area contributed by atoms with Crippen molar-refractivity contribution in [3.05, 3.63) is 34.4 Å². The molecule has 0 aromatic heterocycles. The maximum atomic E-state index is 10.7. The Morgan fingerprint density at radius 2 is 1.90 bits per heavy atom. The summed E-state index contributed by atoms with van der Waals surface area (Å²) in [6, 6.07) is 6.44. The van der Waals surface area contributed by atoms with Crippen molar-refractivity contribution in [2.24, 2.45) is 10.4 Å². The van der Waals surface area contributed by atoms with E-state index < -0.39 is 4.92 Å². The van der Waals surface area contributed by atoms with E-state index >= 15 is 0 Å². The van der Waals surface area contributed by atoms with Gasteiger partial charge in [0.2, 0.25) is 0 Å². The van der Waals surface area contributed by atoms with E-state index in [1.807, 2.05) is 0 Å². The van der Waals surface area contributed by atoms with Crippen LogP contribution in [0.3, 0.4) is 0 Å². The van der Waals surface area contributed by atoms with Crippen LogP contribution in [-0.2, 0) is 4.74 Å². The molecule has 0 unspecified atom stereocenters. The van der Waals surface area contributed by atoms with Crippen LogP contribution in [0.5, 0.6) is 0 Å². The van der Waals surface area contributed by atoms with Gasteiger partial charge in [-0.3, -0.25) is 15.1 Å². The average molecular weight is 519 g/mol. The molecule has 29 heavy (non-hydrogen) atoms. The summed E-state index contributed by atoms with van der Waals surface area (Å²) in [6.07, 6.45) is 6.07. The molecule has 0 spiro atoms. The van der Waals surface area contributed by atoms with E-state index in [1.165, 1.54) is 37.8 Å². The Bertz CT molecular complexity index is 634. The number of guanidine groups is 1. The van der Waals surface area contributed by atoms with Crippen molar-refractivity contribution in [1.29, 1.82) is 0 Å². The second-order valence-electron chi connectivity index (χ2n) is 7.30. The molecule has 0 heterocycles. The van der Waals surface area contributed by atoms with Crippen molar-refractivity contribution in [3.63, 3.8) is 0 Å². The number of aliphatic imine (C=N–C) groups is 1. The SMILES string of the molecule is CCNC(=NCC1(CCOC)CCCC1)NCCNc1ccc([N+](=O)[O-])cc1.I. The molecule has 0 atom stereocenters. The number of nitro benzene ring substituents is 1. The number of ether oxygens (including phenoxy) is 1. The van der Waals surface area contributed by atoms with Gasteiger partial charge in [0.25, 0.3) is 5.69 Å². The van der Waals surface area contributed by atoms with Crippen LogP contribution in [-0.4, -0.2) is 50.8 Å². The van der Waals surface area contributed by atoms with E-state index in [0.29, 0.717) is 13.1 Å². The van der Waals surface area contributed by atoms with Gasteiger partial charge in [0, 0.05) is 57.7 Å². The Hall–Kier alpha value is -1.62. The van der Waals surface area contributed by atoms with Gasteiger partial charge in [-0.1, -0.05) is 12.8 Å². The quantitative estimate of drug-likeness (QED) is 0.103. The zero-order valence-corrected chi connectivity index (χ0v) is 19.7. The molecule has 1 fully saturated rings. The number of nitro groups is 1. The molecule has 2 rings (SSSR count). The normalized spacial score (nSPS) is 15.4. The lowest BCUT2D eigenvalue weighted by Gasteiger charge is -2.27. The maximum Gasteiger partial charge on any atom is 0.269 e. The van der Waals surface area contributed by atoms with Crippen molar-refractivity contribution >= 4 is 41.3 Å². The van der Waals surface area contributed by atoms with Crippen LogP contribution in [0.25, 0.3) is 0 Å². The van der Waals surface area contributed by atoms with Gasteiger partial charge in [-0.25, -0.2) is 0 Å². The number of anilines is 1. The highest BCUT2D eigenvalue weighted by Crippen LogP contribution is 2.41. The lowest BCUT2D eigenvalue weighted by atomic mass is 9.83. The van der Waals surface area contributed by atoms with Gasteiger partial charge < -0.3 is 20.7 Å². The highest BCUT2D eigenvalue weighted by molar-refractivity contribution is 14.0. The first-order valence-electron chi connectivity index (χ1n) is 10.1. The van der Waals surface area contributed by atoms with Crippen molar-refractivity contribution in [1.82, 2.24) is 10.6 Å². The Kier molecular flexibility index (Phi) is 11.9. The number of nitrogens with one attached hydrogen (secondary N) is 3. The minimum absolute atomic E-state index is 0. The zero-order chi connectivity index (χ0) is 20.2. The topological polar surface area (TPSA) is 101 Å². The number of non-ortho nitro benzene ring substituents is 1. The Morgan fingerprint density at radius 3 is 2.48 bits per heavy atom. The minimum atomic E-state index is -0.395. The largest absolute Gasteiger partial charge is 0.385 e. The van der Waals surface area contributed by atoms with E-state index in [-0.39, 0.29) is 35.1 Å². The number of rotatable bonds is 11. The van der Waals surface area contributed by atoms with Crippen molar-refractivity contribution < 1.29 is 9.66 Å². The molecule has 0 bridgehead atoms. The molecule has 0 amide bonds. The Morgan fingerprint density at radius 1 is 1.21 bits per heavy atom. The third-order valence-electron chi connectivity index (χ3n) is 5.24. The molecule has 8 nitrogen and oxygen atoms in total. The molecule has 164 valence electrons. The Labute approximate surface area is 190 Å². The van der Waals surface area contributed by atoms with E-state index in [4.69, 9.17) is 9.73 Å². The molecular weight excluding hydrogens is 485 g/mol. The third-order valence-corrected chi connectivity index (χ3v) is 5.24. The highest BCUT2D eigenvalue weighted by Gasteiger charge is 2.33. The molecule has 1 aromatic carbocycles. The molecule has 1 saturated carbocycles. The Balaban J connectivity index is 0.00000420. The molecule has 9 heteroatoms. The van der Waals surface area contributed by atoms with Crippen LogP contribution >= 0.6 is 24.0 Å². The minimum Gasteiger partial charge on any atom is -0.385 e. The van der Waals surface area contributed by atoms with Gasteiger partial charge in [-0.15, -0.1) is 24.0 Å². The summed E-state index contributed by atoms with van der Waals surface area (Å²) in [7, 11) is 1.76. The third kappa shape index (κ3) is 8.73. The fourth-order valence-corrected chi connectivity index (χ4v) is 3.61. The van der Waals surface area contributed by atoms with Crippen molar-refractivity contribution in [2.75, 3.05) is 45.2 Å². The lowest BCUT2D eigenvalue weighted by Crippen LogP contribution is -2.40. The molecule has 3 N–H and O–H groups in total. The van der Waals surface area contributed by atoms with Crippen LogP contribution in [0.1, 0.15) is 39.0 Å². The second kappa shape index (κ2) is 13.6. The molecule has 0 radical (unpaired) electrons. The average Bonchev–Trinajstić information content (AvgIpc) is 3.17. The molecule has 1 aliphatic rings. The molecule has 0 aliphatic heterocycles. The predicted octanol–water partition coefficient (Wildman–Crippen LogP) is 3.78. The summed E-state index contributed by atoms with van der Waals surface area (Å²) in [6.45, 7) is 5.88. The molecular formula is C20H34IN5O3. The van der Waals surface area contributed by atoms with E-state index in [2.05, 4.69) is 22.9 Å². The van der Waals surface area contributed by atoms with Crippen molar-refractivity contribution in [2.45, 2.75) is 39.0 Å². The summed E-state index contributed by atoms with van der Waals surface area (Å²) >= 11 is 0. The highest BCUT2D eigenvalue weighted by atomic mass is 127. The molecule has 1 aromatic rings. The summed E-state index contributed by atoms with van der Waals surface area (Å²) in [5.74, 6) is 0.830. The summed E-state index contributed by atoms with van der Waals surface area (Å²) in [5.41, 5.74) is 1.23. The van der Waals surface area contributed by atoms with Gasteiger partial charge in [-0.05, 0) is 43.7 Å². The monoisotopic (exact) mass is 519 g/mol. The number of hydrogen-bond acceptors (Lipinski definition) is 5. The van der Waals surface area contributed by atoms with Crippen LogP contribution in [0, 0.1) is 15.5 Å². The van der Waals surface area contributed by atoms with Gasteiger partial charge in [0.15, 0.2) is 5.96 Å². The first-order valence-corrected chi connectivity index (χ1v) is 10.1.